The smallest absolute Gasteiger partial charge is 0.263 e. The molecule has 0 aliphatic heterocycles. The summed E-state index contributed by atoms with van der Waals surface area (Å²) >= 11 is 4.79. The Labute approximate surface area is 133 Å². The minimum Gasteiger partial charge on any atom is -0.397 e. The van der Waals surface area contributed by atoms with Crippen LogP contribution in [0.4, 0.5) is 5.69 Å². The number of halogens is 1. The summed E-state index contributed by atoms with van der Waals surface area (Å²) in [6.07, 6.45) is 1.59. The molecule has 0 atom stereocenters. The monoisotopic (exact) mass is 362 g/mol. The number of thiophene rings is 1. The van der Waals surface area contributed by atoms with Crippen LogP contribution in [0.25, 0.3) is 10.1 Å². The lowest BCUT2D eigenvalue weighted by Crippen LogP contribution is -2.23. The van der Waals surface area contributed by atoms with Gasteiger partial charge in [-0.3, -0.25) is 4.79 Å². The molecule has 0 unspecified atom stereocenters. The number of carbonyl (C=O) groups is 1. The summed E-state index contributed by atoms with van der Waals surface area (Å²) in [7, 11) is 0. The van der Waals surface area contributed by atoms with Gasteiger partial charge in [0.05, 0.1) is 17.9 Å². The van der Waals surface area contributed by atoms with Crippen LogP contribution in [0.15, 0.2) is 41.0 Å². The number of nitrogens with one attached hydrogen (secondary N) is 1. The Morgan fingerprint density at radius 2 is 2.24 bits per heavy atom. The van der Waals surface area contributed by atoms with Crippen LogP contribution in [0.1, 0.15) is 15.4 Å². The Bertz CT molecular complexity index is 803. The number of nitrogens with zero attached hydrogens (tertiary/aromatic N) is 2. The number of carbonyl (C=O) groups excluding carboxylic acids is 1. The predicted molar refractivity (Wildman–Crippen MR) is 87.1 cm³/mol. The van der Waals surface area contributed by atoms with Crippen LogP contribution in [0.5, 0.6) is 0 Å². The van der Waals surface area contributed by atoms with Crippen LogP contribution < -0.4 is 11.1 Å². The van der Waals surface area contributed by atoms with E-state index in [1.54, 1.807) is 18.3 Å². The summed E-state index contributed by atoms with van der Waals surface area (Å²) in [5, 5.41) is 11.4. The van der Waals surface area contributed by atoms with Gasteiger partial charge in [-0.05, 0) is 24.3 Å². The molecule has 3 aromatic rings. The Hall–Kier alpha value is -1.99. The maximum Gasteiger partial charge on any atom is 0.263 e. The molecule has 106 valence electrons. The summed E-state index contributed by atoms with van der Waals surface area (Å²) in [5.74, 6) is -0.199. The second kappa shape index (κ2) is 5.79. The second-order valence-electron chi connectivity index (χ2n) is 4.38. The first-order valence-electron chi connectivity index (χ1n) is 6.17. The van der Waals surface area contributed by atoms with Crippen LogP contribution >= 0.6 is 27.3 Å². The Morgan fingerprint density at radius 1 is 1.38 bits per heavy atom. The zero-order chi connectivity index (χ0) is 14.8. The summed E-state index contributed by atoms with van der Waals surface area (Å²) in [6.45, 7) is 0.323. The number of hydrogen-bond donors (Lipinski definition) is 2. The third-order valence-corrected chi connectivity index (χ3v) is 4.61. The number of benzene rings is 1. The minimum atomic E-state index is -0.199. The van der Waals surface area contributed by atoms with Crippen molar-refractivity contribution in [3.63, 3.8) is 0 Å². The van der Waals surface area contributed by atoms with Gasteiger partial charge >= 0.3 is 0 Å². The first kappa shape index (κ1) is 14.0. The molecule has 1 amide bonds. The van der Waals surface area contributed by atoms with E-state index in [2.05, 4.69) is 31.4 Å². The lowest BCUT2D eigenvalue weighted by Gasteiger charge is -2.03. The number of fused-ring (bicyclic) bond motifs is 1. The van der Waals surface area contributed by atoms with Crippen LogP contribution in [-0.4, -0.2) is 16.1 Å². The number of hydrogen-bond acceptors (Lipinski definition) is 5. The van der Waals surface area contributed by atoms with Crippen molar-refractivity contribution in [1.82, 2.24) is 15.5 Å². The molecule has 1 aromatic carbocycles. The average molecular weight is 363 g/mol. The van der Waals surface area contributed by atoms with Crippen molar-refractivity contribution in [2.45, 2.75) is 6.54 Å². The molecule has 5 nitrogen and oxygen atoms in total. The van der Waals surface area contributed by atoms with E-state index in [1.807, 2.05) is 18.2 Å². The molecule has 0 aliphatic rings. The highest BCUT2D eigenvalue weighted by atomic mass is 79.9. The second-order valence-corrected chi connectivity index (χ2v) is 6.35. The quantitative estimate of drug-likeness (QED) is 0.750. The fraction of sp³-hybridized carbons (Fsp3) is 0.0714. The molecule has 0 radical (unpaired) electrons. The van der Waals surface area contributed by atoms with E-state index < -0.39 is 0 Å². The van der Waals surface area contributed by atoms with Crippen molar-refractivity contribution in [3.05, 3.63) is 51.6 Å². The van der Waals surface area contributed by atoms with Gasteiger partial charge in [0.15, 0.2) is 0 Å². The molecule has 0 aliphatic carbocycles. The Kier molecular flexibility index (Phi) is 3.85. The van der Waals surface area contributed by atoms with Crippen molar-refractivity contribution < 1.29 is 4.79 Å². The molecule has 0 bridgehead atoms. The topological polar surface area (TPSA) is 80.9 Å². The van der Waals surface area contributed by atoms with Gasteiger partial charge in [0, 0.05) is 20.8 Å². The molecule has 0 fully saturated rings. The van der Waals surface area contributed by atoms with Gasteiger partial charge < -0.3 is 11.1 Å². The zero-order valence-electron chi connectivity index (χ0n) is 10.8. The van der Waals surface area contributed by atoms with Gasteiger partial charge in [0.25, 0.3) is 5.91 Å². The lowest BCUT2D eigenvalue weighted by atomic mass is 10.2. The van der Waals surface area contributed by atoms with E-state index in [0.717, 1.165) is 14.6 Å². The van der Waals surface area contributed by atoms with Crippen molar-refractivity contribution in [1.29, 1.82) is 0 Å². The third kappa shape index (κ3) is 2.88. The fourth-order valence-corrected chi connectivity index (χ4v) is 3.53. The van der Waals surface area contributed by atoms with E-state index in [-0.39, 0.29) is 5.91 Å². The first-order chi connectivity index (χ1) is 10.1. The molecular formula is C14H11BrN4OS. The maximum atomic E-state index is 12.3. The number of rotatable bonds is 3. The molecule has 0 saturated heterocycles. The van der Waals surface area contributed by atoms with E-state index in [9.17, 15) is 4.79 Å². The highest BCUT2D eigenvalue weighted by Gasteiger charge is 2.16. The standard InChI is InChI=1S/C14H11BrN4OS/c15-8-3-4-10-11(6-8)21-13(12(10)16)14(20)17-7-9-2-1-5-18-19-9/h1-6H,7,16H2,(H,17,20). The minimum absolute atomic E-state index is 0.199. The van der Waals surface area contributed by atoms with Gasteiger partial charge in [-0.25, -0.2) is 0 Å². The molecule has 3 rings (SSSR count). The summed E-state index contributed by atoms with van der Waals surface area (Å²) < 4.78 is 1.94. The maximum absolute atomic E-state index is 12.3. The molecule has 21 heavy (non-hydrogen) atoms. The Balaban J connectivity index is 1.83. The summed E-state index contributed by atoms with van der Waals surface area (Å²) in [6, 6.07) is 9.35. The number of amides is 1. The SMILES string of the molecule is Nc1c(C(=O)NCc2cccnn2)sc2cc(Br)ccc12. The van der Waals surface area contributed by atoms with Gasteiger partial charge in [-0.15, -0.1) is 11.3 Å². The van der Waals surface area contributed by atoms with Crippen molar-refractivity contribution >= 4 is 48.9 Å². The largest absolute Gasteiger partial charge is 0.397 e. The van der Waals surface area contributed by atoms with E-state index in [4.69, 9.17) is 5.73 Å². The van der Waals surface area contributed by atoms with E-state index >= 15 is 0 Å². The summed E-state index contributed by atoms with van der Waals surface area (Å²) in [4.78, 5) is 12.8. The molecular weight excluding hydrogens is 352 g/mol. The van der Waals surface area contributed by atoms with Crippen LogP contribution in [-0.2, 0) is 6.54 Å². The number of nitrogens with two attached hydrogens (primary N) is 1. The number of aromatic nitrogens is 2. The van der Waals surface area contributed by atoms with Gasteiger partial charge in [0.2, 0.25) is 0 Å². The first-order valence-corrected chi connectivity index (χ1v) is 7.78. The lowest BCUT2D eigenvalue weighted by molar-refractivity contribution is 0.0955. The molecule has 0 spiro atoms. The molecule has 3 N–H and O–H groups in total. The van der Waals surface area contributed by atoms with Crippen LogP contribution in [0.2, 0.25) is 0 Å². The molecule has 2 aromatic heterocycles. The average Bonchev–Trinajstić information content (AvgIpc) is 2.82. The molecule has 2 heterocycles. The third-order valence-electron chi connectivity index (χ3n) is 2.95. The summed E-state index contributed by atoms with van der Waals surface area (Å²) in [5.41, 5.74) is 7.28. The van der Waals surface area contributed by atoms with Crippen molar-refractivity contribution in [2.75, 3.05) is 5.73 Å². The number of anilines is 1. The predicted octanol–water partition coefficient (Wildman–Crippen LogP) is 2.97. The van der Waals surface area contributed by atoms with Crippen molar-refractivity contribution in [2.24, 2.45) is 0 Å². The van der Waals surface area contributed by atoms with Crippen LogP contribution in [0, 0.1) is 0 Å². The van der Waals surface area contributed by atoms with E-state index in [1.165, 1.54) is 11.3 Å². The highest BCUT2D eigenvalue weighted by molar-refractivity contribution is 9.10. The van der Waals surface area contributed by atoms with E-state index in [0.29, 0.717) is 22.8 Å². The van der Waals surface area contributed by atoms with Gasteiger partial charge in [-0.2, -0.15) is 10.2 Å². The van der Waals surface area contributed by atoms with Crippen molar-refractivity contribution in [3.8, 4) is 0 Å². The normalized spacial score (nSPS) is 10.7. The van der Waals surface area contributed by atoms with Gasteiger partial charge in [0.1, 0.15) is 4.88 Å². The van der Waals surface area contributed by atoms with Gasteiger partial charge in [-0.1, -0.05) is 22.0 Å². The molecule has 0 saturated carbocycles. The number of nitrogen functional groups attached to an aromatic ring is 1. The fourth-order valence-electron chi connectivity index (χ4n) is 1.94. The van der Waals surface area contributed by atoms with Crippen LogP contribution in [0.3, 0.4) is 0 Å². The Morgan fingerprint density at radius 3 is 3.00 bits per heavy atom. The molecule has 7 heteroatoms. The highest BCUT2D eigenvalue weighted by Crippen LogP contribution is 2.35. The zero-order valence-corrected chi connectivity index (χ0v) is 13.2.